The van der Waals surface area contributed by atoms with Crippen molar-refractivity contribution in [3.05, 3.63) is 18.3 Å². The van der Waals surface area contributed by atoms with Crippen LogP contribution in [0.15, 0.2) is 28.3 Å². The molecule has 0 saturated carbocycles. The first kappa shape index (κ1) is 15.5. The third kappa shape index (κ3) is 3.70. The Bertz CT molecular complexity index is 453. The monoisotopic (exact) mass is 288 g/mol. The van der Waals surface area contributed by atoms with Crippen molar-refractivity contribution >= 4 is 21.8 Å². The second kappa shape index (κ2) is 7.11. The van der Waals surface area contributed by atoms with E-state index < -0.39 is 10.0 Å². The van der Waals surface area contributed by atoms with Gasteiger partial charge in [-0.2, -0.15) is 4.31 Å². The Morgan fingerprint density at radius 1 is 1.22 bits per heavy atom. The van der Waals surface area contributed by atoms with Crippen LogP contribution in [0.4, 0.5) is 0 Å². The summed E-state index contributed by atoms with van der Waals surface area (Å²) >= 11 is 1.64. The molecule has 0 fully saturated rings. The molecule has 0 saturated heterocycles. The van der Waals surface area contributed by atoms with Gasteiger partial charge in [0.25, 0.3) is 0 Å². The lowest BCUT2D eigenvalue weighted by molar-refractivity contribution is 0.445. The van der Waals surface area contributed by atoms with Gasteiger partial charge in [0.15, 0.2) is 0 Å². The number of rotatable bonds is 7. The van der Waals surface area contributed by atoms with Crippen LogP contribution >= 0.6 is 11.8 Å². The fraction of sp³-hybridized carbons (Fsp3) is 0.583. The SMILES string of the molecule is CCCSc1ccc(S(=O)(=O)N(CC)CC)cn1. The Kier molecular flexibility index (Phi) is 6.11. The summed E-state index contributed by atoms with van der Waals surface area (Å²) in [6, 6.07) is 3.41. The first-order valence-corrected chi connectivity index (χ1v) is 8.57. The molecule has 0 bridgehead atoms. The standard InChI is InChI=1S/C12H20N2O2S2/c1-4-9-17-12-8-7-11(10-13-12)18(15,16)14(5-2)6-3/h7-8,10H,4-6,9H2,1-3H3. The van der Waals surface area contributed by atoms with Gasteiger partial charge < -0.3 is 0 Å². The molecular weight excluding hydrogens is 268 g/mol. The van der Waals surface area contributed by atoms with E-state index in [1.807, 2.05) is 13.8 Å². The highest BCUT2D eigenvalue weighted by molar-refractivity contribution is 7.99. The van der Waals surface area contributed by atoms with Crippen LogP contribution in [0.2, 0.25) is 0 Å². The van der Waals surface area contributed by atoms with Crippen LogP contribution in [-0.4, -0.2) is 36.5 Å². The number of thioether (sulfide) groups is 1. The number of nitrogens with zero attached hydrogens (tertiary/aromatic N) is 2. The van der Waals surface area contributed by atoms with Crippen molar-refractivity contribution in [3.8, 4) is 0 Å². The lowest BCUT2D eigenvalue weighted by Gasteiger charge is -2.18. The zero-order valence-electron chi connectivity index (χ0n) is 11.1. The molecular formula is C12H20N2O2S2. The molecule has 0 atom stereocenters. The lowest BCUT2D eigenvalue weighted by atomic mass is 10.5. The van der Waals surface area contributed by atoms with E-state index >= 15 is 0 Å². The number of aromatic nitrogens is 1. The second-order valence-electron chi connectivity index (χ2n) is 3.77. The first-order valence-electron chi connectivity index (χ1n) is 6.15. The molecule has 0 spiro atoms. The third-order valence-corrected chi connectivity index (χ3v) is 5.69. The van der Waals surface area contributed by atoms with Crippen molar-refractivity contribution in [1.82, 2.24) is 9.29 Å². The molecule has 102 valence electrons. The lowest BCUT2D eigenvalue weighted by Crippen LogP contribution is -2.30. The van der Waals surface area contributed by atoms with Gasteiger partial charge in [0, 0.05) is 19.3 Å². The number of hydrogen-bond acceptors (Lipinski definition) is 4. The molecule has 0 aromatic carbocycles. The average Bonchev–Trinajstić information content (AvgIpc) is 2.38. The molecule has 6 heteroatoms. The molecule has 1 rings (SSSR count). The summed E-state index contributed by atoms with van der Waals surface area (Å²) in [4.78, 5) is 4.46. The van der Waals surface area contributed by atoms with Crippen LogP contribution in [0.1, 0.15) is 27.2 Å². The average molecular weight is 288 g/mol. The van der Waals surface area contributed by atoms with Gasteiger partial charge >= 0.3 is 0 Å². The van der Waals surface area contributed by atoms with Crippen molar-refractivity contribution in [1.29, 1.82) is 0 Å². The minimum absolute atomic E-state index is 0.270. The van der Waals surface area contributed by atoms with Crippen LogP contribution in [0.3, 0.4) is 0 Å². The summed E-state index contributed by atoms with van der Waals surface area (Å²) in [6.45, 7) is 6.72. The van der Waals surface area contributed by atoms with E-state index in [1.165, 1.54) is 10.5 Å². The maximum atomic E-state index is 12.2. The summed E-state index contributed by atoms with van der Waals surface area (Å²) in [5.41, 5.74) is 0. The van der Waals surface area contributed by atoms with Gasteiger partial charge in [-0.1, -0.05) is 20.8 Å². The predicted molar refractivity (Wildman–Crippen MR) is 75.4 cm³/mol. The number of hydrogen-bond donors (Lipinski definition) is 0. The molecule has 18 heavy (non-hydrogen) atoms. The van der Waals surface area contributed by atoms with Crippen molar-refractivity contribution in [2.45, 2.75) is 37.1 Å². The van der Waals surface area contributed by atoms with Gasteiger partial charge in [-0.25, -0.2) is 13.4 Å². The topological polar surface area (TPSA) is 50.3 Å². The van der Waals surface area contributed by atoms with Gasteiger partial charge in [0.2, 0.25) is 10.0 Å². The minimum atomic E-state index is -3.38. The molecule has 0 radical (unpaired) electrons. The summed E-state index contributed by atoms with van der Waals surface area (Å²) in [5, 5.41) is 0.871. The van der Waals surface area contributed by atoms with E-state index in [2.05, 4.69) is 11.9 Å². The highest BCUT2D eigenvalue weighted by Gasteiger charge is 2.21. The molecule has 0 N–H and O–H groups in total. The summed E-state index contributed by atoms with van der Waals surface area (Å²) in [7, 11) is -3.38. The zero-order valence-corrected chi connectivity index (χ0v) is 12.7. The molecule has 0 unspecified atom stereocenters. The van der Waals surface area contributed by atoms with E-state index in [9.17, 15) is 8.42 Å². The molecule has 1 aromatic rings. The van der Waals surface area contributed by atoms with Gasteiger partial charge in [0.1, 0.15) is 4.90 Å². The summed E-state index contributed by atoms with van der Waals surface area (Å²) in [6.07, 6.45) is 2.53. The Morgan fingerprint density at radius 2 is 1.89 bits per heavy atom. The van der Waals surface area contributed by atoms with Crippen LogP contribution in [-0.2, 0) is 10.0 Å². The van der Waals surface area contributed by atoms with Crippen molar-refractivity contribution in [2.75, 3.05) is 18.8 Å². The van der Waals surface area contributed by atoms with Crippen molar-refractivity contribution < 1.29 is 8.42 Å². The van der Waals surface area contributed by atoms with E-state index in [-0.39, 0.29) is 4.90 Å². The summed E-state index contributed by atoms with van der Waals surface area (Å²) < 4.78 is 25.8. The second-order valence-corrected chi connectivity index (χ2v) is 6.82. The maximum Gasteiger partial charge on any atom is 0.244 e. The Hall–Kier alpha value is -0.590. The smallest absolute Gasteiger partial charge is 0.244 e. The van der Waals surface area contributed by atoms with E-state index in [0.717, 1.165) is 17.2 Å². The van der Waals surface area contributed by atoms with E-state index in [1.54, 1.807) is 23.9 Å². The zero-order chi connectivity index (χ0) is 13.6. The predicted octanol–water partition coefficient (Wildman–Crippen LogP) is 2.61. The van der Waals surface area contributed by atoms with Gasteiger partial charge in [-0.3, -0.25) is 0 Å². The van der Waals surface area contributed by atoms with Crippen LogP contribution < -0.4 is 0 Å². The number of pyridine rings is 1. The van der Waals surface area contributed by atoms with Crippen LogP contribution in [0.5, 0.6) is 0 Å². The van der Waals surface area contributed by atoms with Crippen LogP contribution in [0, 0.1) is 0 Å². The molecule has 0 aliphatic carbocycles. The Labute approximate surface area is 114 Å². The van der Waals surface area contributed by atoms with E-state index in [4.69, 9.17) is 0 Å². The molecule has 0 aliphatic heterocycles. The molecule has 0 aliphatic rings. The quantitative estimate of drug-likeness (QED) is 0.724. The third-order valence-electron chi connectivity index (χ3n) is 2.51. The Balaban J connectivity index is 2.90. The highest BCUT2D eigenvalue weighted by Crippen LogP contribution is 2.19. The van der Waals surface area contributed by atoms with E-state index in [0.29, 0.717) is 13.1 Å². The van der Waals surface area contributed by atoms with Crippen molar-refractivity contribution in [3.63, 3.8) is 0 Å². The fourth-order valence-electron chi connectivity index (χ4n) is 1.52. The Morgan fingerprint density at radius 3 is 2.33 bits per heavy atom. The normalized spacial score (nSPS) is 12.0. The maximum absolute atomic E-state index is 12.2. The molecule has 1 heterocycles. The highest BCUT2D eigenvalue weighted by atomic mass is 32.2. The van der Waals surface area contributed by atoms with Gasteiger partial charge in [-0.05, 0) is 24.3 Å². The minimum Gasteiger partial charge on any atom is -0.249 e. The fourth-order valence-corrected chi connectivity index (χ4v) is 3.63. The van der Waals surface area contributed by atoms with Crippen LogP contribution in [0.25, 0.3) is 0 Å². The van der Waals surface area contributed by atoms with Gasteiger partial charge in [-0.15, -0.1) is 11.8 Å². The van der Waals surface area contributed by atoms with Gasteiger partial charge in [0.05, 0.1) is 5.03 Å². The molecule has 0 amide bonds. The number of sulfonamides is 1. The molecule has 1 aromatic heterocycles. The summed E-state index contributed by atoms with van der Waals surface area (Å²) in [5.74, 6) is 0.995. The van der Waals surface area contributed by atoms with Crippen molar-refractivity contribution in [2.24, 2.45) is 0 Å². The first-order chi connectivity index (χ1) is 8.56. The largest absolute Gasteiger partial charge is 0.249 e. The molecule has 4 nitrogen and oxygen atoms in total.